The van der Waals surface area contributed by atoms with Gasteiger partial charge in [0.25, 0.3) is 0 Å². The number of carboxylic acid groups (broad SMARTS) is 2. The van der Waals surface area contributed by atoms with Crippen molar-refractivity contribution in [1.82, 2.24) is 4.90 Å². The van der Waals surface area contributed by atoms with Crippen LogP contribution in [0.25, 0.3) is 0 Å². The molecule has 0 saturated carbocycles. The SMILES string of the molecule is CCC(=O)N(CC1CCN(CCc2ccc(F)cc2)CC1)c1cccc(F)c1.O=C(O)/C=C/C(=O)O. The molecule has 9 heteroatoms. The quantitative estimate of drug-likeness (QED) is 0.494. The van der Waals surface area contributed by atoms with Crippen molar-refractivity contribution in [3.63, 3.8) is 0 Å². The zero-order chi connectivity index (χ0) is 26.5. The molecule has 1 heterocycles. The van der Waals surface area contributed by atoms with Gasteiger partial charge in [0.05, 0.1) is 0 Å². The maximum atomic E-state index is 13.6. The van der Waals surface area contributed by atoms with E-state index in [4.69, 9.17) is 10.2 Å². The molecule has 1 aliphatic rings. The highest BCUT2D eigenvalue weighted by Crippen LogP contribution is 2.24. The lowest BCUT2D eigenvalue weighted by Crippen LogP contribution is -2.41. The first-order chi connectivity index (χ1) is 17.2. The Kier molecular flexibility index (Phi) is 11.7. The van der Waals surface area contributed by atoms with Gasteiger partial charge in [-0.1, -0.05) is 25.1 Å². The van der Waals surface area contributed by atoms with E-state index in [1.165, 1.54) is 24.3 Å². The van der Waals surface area contributed by atoms with Gasteiger partial charge in [-0.25, -0.2) is 18.4 Å². The fourth-order valence-electron chi connectivity index (χ4n) is 3.92. The Morgan fingerprint density at radius 3 is 2.11 bits per heavy atom. The van der Waals surface area contributed by atoms with E-state index in [0.717, 1.165) is 44.5 Å². The fraction of sp³-hybridized carbons (Fsp3) is 0.370. The minimum Gasteiger partial charge on any atom is -0.478 e. The largest absolute Gasteiger partial charge is 0.478 e. The predicted octanol–water partition coefficient (Wildman–Crippen LogP) is 4.37. The number of nitrogens with zero attached hydrogens (tertiary/aromatic N) is 2. The number of benzene rings is 2. The van der Waals surface area contributed by atoms with Gasteiger partial charge < -0.3 is 20.0 Å². The van der Waals surface area contributed by atoms with Crippen LogP contribution in [0.4, 0.5) is 14.5 Å². The summed E-state index contributed by atoms with van der Waals surface area (Å²) in [5.41, 5.74) is 1.79. The smallest absolute Gasteiger partial charge is 0.328 e. The molecule has 2 aromatic carbocycles. The Morgan fingerprint density at radius 1 is 0.972 bits per heavy atom. The Balaban J connectivity index is 0.000000493. The van der Waals surface area contributed by atoms with Crippen molar-refractivity contribution >= 4 is 23.5 Å². The molecule has 2 N–H and O–H groups in total. The molecule has 0 aromatic heterocycles. The summed E-state index contributed by atoms with van der Waals surface area (Å²) in [7, 11) is 0. The van der Waals surface area contributed by atoms with Crippen LogP contribution >= 0.6 is 0 Å². The topological polar surface area (TPSA) is 98.2 Å². The maximum Gasteiger partial charge on any atom is 0.328 e. The van der Waals surface area contributed by atoms with Crippen molar-refractivity contribution < 1.29 is 33.4 Å². The number of halogens is 2. The standard InChI is InChI=1S/C23H28F2N2O.C4H4O4/c1-2-23(28)27(22-5-3-4-21(25)16-22)17-19-11-14-26(15-12-19)13-10-18-6-8-20(24)9-7-18;5-3(6)1-2-4(7)8/h3-9,16,19H,2,10-15,17H2,1H3;1-2H,(H,5,6)(H,7,8)/b;2-1+. The van der Waals surface area contributed by atoms with Gasteiger partial charge in [0.1, 0.15) is 11.6 Å². The third-order valence-corrected chi connectivity index (χ3v) is 5.87. The van der Waals surface area contributed by atoms with E-state index >= 15 is 0 Å². The molecule has 2 aromatic rings. The van der Waals surface area contributed by atoms with Gasteiger partial charge in [-0.3, -0.25) is 4.79 Å². The van der Waals surface area contributed by atoms with E-state index < -0.39 is 11.9 Å². The lowest BCUT2D eigenvalue weighted by Gasteiger charge is -2.35. The molecule has 3 rings (SSSR count). The fourth-order valence-corrected chi connectivity index (χ4v) is 3.92. The first-order valence-corrected chi connectivity index (χ1v) is 11.8. The van der Waals surface area contributed by atoms with Crippen molar-refractivity contribution in [2.45, 2.75) is 32.6 Å². The van der Waals surface area contributed by atoms with Gasteiger partial charge in [0.2, 0.25) is 5.91 Å². The van der Waals surface area contributed by atoms with Gasteiger partial charge in [0.15, 0.2) is 0 Å². The Bertz CT molecular complexity index is 1020. The Hall–Kier alpha value is -3.59. The van der Waals surface area contributed by atoms with Crippen molar-refractivity contribution in [3.05, 3.63) is 77.9 Å². The van der Waals surface area contributed by atoms with Crippen molar-refractivity contribution in [1.29, 1.82) is 0 Å². The number of hydrogen-bond donors (Lipinski definition) is 2. The van der Waals surface area contributed by atoms with Crippen LogP contribution in [0.15, 0.2) is 60.7 Å². The number of rotatable bonds is 9. The summed E-state index contributed by atoms with van der Waals surface area (Å²) in [5.74, 6) is -2.58. The van der Waals surface area contributed by atoms with E-state index in [0.29, 0.717) is 36.7 Å². The summed E-state index contributed by atoms with van der Waals surface area (Å²) >= 11 is 0. The van der Waals surface area contributed by atoms with Crippen molar-refractivity contribution in [3.8, 4) is 0 Å². The maximum absolute atomic E-state index is 13.6. The first-order valence-electron chi connectivity index (χ1n) is 11.8. The molecule has 1 saturated heterocycles. The highest BCUT2D eigenvalue weighted by Gasteiger charge is 2.24. The summed E-state index contributed by atoms with van der Waals surface area (Å²) in [4.78, 5) is 35.7. The molecule has 0 atom stereocenters. The van der Waals surface area contributed by atoms with E-state index in [-0.39, 0.29) is 17.5 Å². The molecule has 0 radical (unpaired) electrons. The molecular formula is C27H32F2N2O5. The van der Waals surface area contributed by atoms with Gasteiger partial charge in [-0.05, 0) is 74.2 Å². The molecular weight excluding hydrogens is 470 g/mol. The number of carbonyl (C=O) groups excluding carboxylic acids is 1. The van der Waals surface area contributed by atoms with E-state index in [1.54, 1.807) is 17.0 Å². The molecule has 194 valence electrons. The normalized spacial score (nSPS) is 14.2. The van der Waals surface area contributed by atoms with Crippen LogP contribution < -0.4 is 4.90 Å². The highest BCUT2D eigenvalue weighted by atomic mass is 19.1. The minimum absolute atomic E-state index is 0.0318. The molecule has 1 aliphatic heterocycles. The average molecular weight is 503 g/mol. The van der Waals surface area contributed by atoms with Gasteiger partial charge in [-0.2, -0.15) is 0 Å². The zero-order valence-electron chi connectivity index (χ0n) is 20.3. The summed E-state index contributed by atoms with van der Waals surface area (Å²) in [6, 6.07) is 13.0. The second-order valence-corrected chi connectivity index (χ2v) is 8.51. The lowest BCUT2D eigenvalue weighted by atomic mass is 9.95. The van der Waals surface area contributed by atoms with Crippen LogP contribution in [-0.2, 0) is 20.8 Å². The summed E-state index contributed by atoms with van der Waals surface area (Å²) in [5, 5.41) is 15.6. The van der Waals surface area contributed by atoms with Crippen LogP contribution in [0, 0.1) is 17.6 Å². The second-order valence-electron chi connectivity index (χ2n) is 8.51. The first kappa shape index (κ1) is 28.6. The van der Waals surface area contributed by atoms with Crippen LogP contribution in [0.1, 0.15) is 31.7 Å². The Morgan fingerprint density at radius 2 is 1.58 bits per heavy atom. The van der Waals surface area contributed by atoms with Gasteiger partial charge in [0, 0.05) is 37.3 Å². The molecule has 0 spiro atoms. The monoisotopic (exact) mass is 502 g/mol. The second kappa shape index (κ2) is 14.7. The van der Waals surface area contributed by atoms with Crippen LogP contribution in [-0.4, -0.2) is 59.1 Å². The van der Waals surface area contributed by atoms with Crippen molar-refractivity contribution in [2.75, 3.05) is 31.1 Å². The van der Waals surface area contributed by atoms with Crippen LogP contribution in [0.3, 0.4) is 0 Å². The van der Waals surface area contributed by atoms with E-state index in [9.17, 15) is 23.2 Å². The molecule has 7 nitrogen and oxygen atoms in total. The lowest BCUT2D eigenvalue weighted by molar-refractivity contribution is -0.134. The number of carbonyl (C=O) groups is 3. The predicted molar refractivity (Wildman–Crippen MR) is 133 cm³/mol. The molecule has 0 aliphatic carbocycles. The molecule has 1 amide bonds. The molecule has 36 heavy (non-hydrogen) atoms. The van der Waals surface area contributed by atoms with Gasteiger partial charge >= 0.3 is 11.9 Å². The van der Waals surface area contributed by atoms with Gasteiger partial charge in [-0.15, -0.1) is 0 Å². The highest BCUT2D eigenvalue weighted by molar-refractivity contribution is 5.93. The third-order valence-electron chi connectivity index (χ3n) is 5.87. The number of likely N-dealkylation sites (tertiary alicyclic amines) is 1. The summed E-state index contributed by atoms with van der Waals surface area (Å²) in [6.07, 6.45) is 4.48. The average Bonchev–Trinajstić information content (AvgIpc) is 2.86. The van der Waals surface area contributed by atoms with Crippen LogP contribution in [0.5, 0.6) is 0 Å². The number of aliphatic carboxylic acids is 2. The molecule has 0 bridgehead atoms. The number of piperidine rings is 1. The number of carboxylic acids is 2. The molecule has 1 fully saturated rings. The number of hydrogen-bond acceptors (Lipinski definition) is 4. The minimum atomic E-state index is -1.26. The molecule has 0 unspecified atom stereocenters. The number of anilines is 1. The summed E-state index contributed by atoms with van der Waals surface area (Å²) in [6.45, 7) is 5.42. The van der Waals surface area contributed by atoms with E-state index in [2.05, 4.69) is 4.90 Å². The zero-order valence-corrected chi connectivity index (χ0v) is 20.3. The summed E-state index contributed by atoms with van der Waals surface area (Å²) < 4.78 is 26.6. The van der Waals surface area contributed by atoms with Crippen LogP contribution in [0.2, 0.25) is 0 Å². The van der Waals surface area contributed by atoms with E-state index in [1.807, 2.05) is 19.1 Å². The number of amides is 1. The third kappa shape index (κ3) is 10.4. The Labute approximate surface area is 209 Å². The van der Waals surface area contributed by atoms with Crippen molar-refractivity contribution in [2.24, 2.45) is 5.92 Å².